The molecular weight excluding hydrogens is 262 g/mol. The molecule has 0 aromatic heterocycles. The lowest BCUT2D eigenvalue weighted by molar-refractivity contribution is 0.203. The smallest absolute Gasteiger partial charge is 0.149 e. The molecule has 0 aliphatic heterocycles. The first-order chi connectivity index (χ1) is 9.54. The van der Waals surface area contributed by atoms with Crippen LogP contribution in [0.15, 0.2) is 12.1 Å². The Bertz CT molecular complexity index is 403. The van der Waals surface area contributed by atoms with Gasteiger partial charge in [0.15, 0.2) is 0 Å². The number of anilines is 1. The van der Waals surface area contributed by atoms with Crippen molar-refractivity contribution in [1.82, 2.24) is 5.32 Å². The zero-order valence-corrected chi connectivity index (χ0v) is 12.7. The van der Waals surface area contributed by atoms with Crippen molar-refractivity contribution in [1.29, 1.82) is 0 Å². The molecule has 0 bridgehead atoms. The molecule has 0 saturated heterocycles. The third-order valence-corrected chi connectivity index (χ3v) is 3.40. The minimum atomic E-state index is -0.522. The van der Waals surface area contributed by atoms with E-state index >= 15 is 0 Å². The first-order valence-corrected chi connectivity index (χ1v) is 6.93. The SMILES string of the molecule is CCC(C)N(CCOC)c1c(F)cc(CNC)cc1F. The molecule has 20 heavy (non-hydrogen) atoms. The van der Waals surface area contributed by atoms with Gasteiger partial charge >= 0.3 is 0 Å². The van der Waals surface area contributed by atoms with Crippen molar-refractivity contribution >= 4 is 5.69 Å². The van der Waals surface area contributed by atoms with Crippen LogP contribution < -0.4 is 10.2 Å². The molecule has 0 aliphatic rings. The molecule has 1 atom stereocenters. The van der Waals surface area contributed by atoms with Crippen LogP contribution in [0.5, 0.6) is 0 Å². The predicted molar refractivity (Wildman–Crippen MR) is 78.1 cm³/mol. The standard InChI is InChI=1S/C15H24F2N2O/c1-5-11(2)19(6-7-20-4)15-13(16)8-12(10-18-3)9-14(15)17/h8-9,11,18H,5-7,10H2,1-4H3. The average molecular weight is 286 g/mol. The van der Waals surface area contributed by atoms with Gasteiger partial charge in [0, 0.05) is 26.2 Å². The number of hydrogen-bond acceptors (Lipinski definition) is 3. The number of hydrogen-bond donors (Lipinski definition) is 1. The first-order valence-electron chi connectivity index (χ1n) is 6.93. The van der Waals surface area contributed by atoms with E-state index in [-0.39, 0.29) is 11.7 Å². The minimum absolute atomic E-state index is 0.0382. The second kappa shape index (κ2) is 8.17. The maximum Gasteiger partial charge on any atom is 0.149 e. The summed E-state index contributed by atoms with van der Waals surface area (Å²) >= 11 is 0. The monoisotopic (exact) mass is 286 g/mol. The van der Waals surface area contributed by atoms with Gasteiger partial charge in [-0.2, -0.15) is 0 Å². The topological polar surface area (TPSA) is 24.5 Å². The Hall–Kier alpha value is -1.20. The third kappa shape index (κ3) is 4.15. The summed E-state index contributed by atoms with van der Waals surface area (Å²) < 4.78 is 33.6. The van der Waals surface area contributed by atoms with Crippen LogP contribution in [0.2, 0.25) is 0 Å². The van der Waals surface area contributed by atoms with E-state index in [1.165, 1.54) is 12.1 Å². The van der Waals surface area contributed by atoms with E-state index in [0.29, 0.717) is 25.3 Å². The fourth-order valence-electron chi connectivity index (χ4n) is 2.16. The molecule has 1 unspecified atom stereocenters. The molecule has 0 radical (unpaired) electrons. The Labute approximate surface area is 119 Å². The zero-order chi connectivity index (χ0) is 15.1. The highest BCUT2D eigenvalue weighted by Gasteiger charge is 2.21. The Morgan fingerprint density at radius 3 is 2.35 bits per heavy atom. The lowest BCUT2D eigenvalue weighted by atomic mass is 10.1. The molecule has 1 aromatic carbocycles. The number of nitrogens with one attached hydrogen (secondary N) is 1. The second-order valence-electron chi connectivity index (χ2n) is 4.88. The van der Waals surface area contributed by atoms with Gasteiger partial charge in [-0.15, -0.1) is 0 Å². The average Bonchev–Trinajstić information content (AvgIpc) is 2.41. The van der Waals surface area contributed by atoms with Crippen molar-refractivity contribution in [3.05, 3.63) is 29.3 Å². The van der Waals surface area contributed by atoms with Crippen LogP contribution in [0.4, 0.5) is 14.5 Å². The van der Waals surface area contributed by atoms with Gasteiger partial charge in [0.2, 0.25) is 0 Å². The number of benzene rings is 1. The Morgan fingerprint density at radius 1 is 1.30 bits per heavy atom. The number of nitrogens with zero attached hydrogens (tertiary/aromatic N) is 1. The molecule has 5 heteroatoms. The van der Waals surface area contributed by atoms with Crippen molar-refractivity contribution in [3.8, 4) is 0 Å². The molecule has 3 nitrogen and oxygen atoms in total. The van der Waals surface area contributed by atoms with Gasteiger partial charge in [0.25, 0.3) is 0 Å². The molecule has 1 rings (SSSR count). The van der Waals surface area contributed by atoms with Crippen LogP contribution in [0, 0.1) is 11.6 Å². The number of methoxy groups -OCH3 is 1. The molecule has 0 aliphatic carbocycles. The lowest BCUT2D eigenvalue weighted by Crippen LogP contribution is -2.36. The number of halogens is 2. The summed E-state index contributed by atoms with van der Waals surface area (Å²) in [6.07, 6.45) is 0.806. The van der Waals surface area contributed by atoms with Crippen LogP contribution in [0.25, 0.3) is 0 Å². The number of rotatable bonds is 8. The van der Waals surface area contributed by atoms with Crippen LogP contribution in [-0.4, -0.2) is 33.4 Å². The van der Waals surface area contributed by atoms with E-state index in [2.05, 4.69) is 5.32 Å². The van der Waals surface area contributed by atoms with Crippen LogP contribution in [0.1, 0.15) is 25.8 Å². The van der Waals surface area contributed by atoms with E-state index in [9.17, 15) is 8.78 Å². The Balaban J connectivity index is 3.12. The molecule has 1 aromatic rings. The Morgan fingerprint density at radius 2 is 1.90 bits per heavy atom. The summed E-state index contributed by atoms with van der Waals surface area (Å²) in [5.74, 6) is -1.04. The lowest BCUT2D eigenvalue weighted by Gasteiger charge is -2.31. The van der Waals surface area contributed by atoms with Crippen molar-refractivity contribution in [3.63, 3.8) is 0 Å². The summed E-state index contributed by atoms with van der Waals surface area (Å²) in [4.78, 5) is 1.73. The van der Waals surface area contributed by atoms with Crippen molar-refractivity contribution < 1.29 is 13.5 Å². The molecule has 0 spiro atoms. The maximum absolute atomic E-state index is 14.3. The summed E-state index contributed by atoms with van der Waals surface area (Å²) in [7, 11) is 3.32. The quantitative estimate of drug-likeness (QED) is 0.795. The van der Waals surface area contributed by atoms with E-state index in [1.54, 1.807) is 19.1 Å². The van der Waals surface area contributed by atoms with E-state index in [1.807, 2.05) is 13.8 Å². The molecule has 0 amide bonds. The molecule has 0 saturated carbocycles. The van der Waals surface area contributed by atoms with Crippen molar-refractivity contribution in [2.75, 3.05) is 32.2 Å². The summed E-state index contributed by atoms with van der Waals surface area (Å²) in [5, 5.41) is 2.89. The highest BCUT2D eigenvalue weighted by Crippen LogP contribution is 2.27. The van der Waals surface area contributed by atoms with Gasteiger partial charge in [-0.05, 0) is 38.1 Å². The Kier molecular flexibility index (Phi) is 6.88. The van der Waals surface area contributed by atoms with Crippen LogP contribution in [0.3, 0.4) is 0 Å². The highest BCUT2D eigenvalue weighted by molar-refractivity contribution is 5.51. The van der Waals surface area contributed by atoms with E-state index in [4.69, 9.17) is 4.74 Å². The third-order valence-electron chi connectivity index (χ3n) is 3.40. The zero-order valence-electron chi connectivity index (χ0n) is 12.7. The second-order valence-corrected chi connectivity index (χ2v) is 4.88. The summed E-state index contributed by atoms with van der Waals surface area (Å²) in [6, 6.07) is 2.82. The van der Waals surface area contributed by atoms with Crippen molar-refractivity contribution in [2.24, 2.45) is 0 Å². The first kappa shape index (κ1) is 16.9. The van der Waals surface area contributed by atoms with Gasteiger partial charge in [0.05, 0.1) is 6.61 Å². The summed E-state index contributed by atoms with van der Waals surface area (Å²) in [5.41, 5.74) is 0.637. The summed E-state index contributed by atoms with van der Waals surface area (Å²) in [6.45, 7) is 5.29. The van der Waals surface area contributed by atoms with Gasteiger partial charge in [0.1, 0.15) is 17.3 Å². The maximum atomic E-state index is 14.3. The highest BCUT2D eigenvalue weighted by atomic mass is 19.1. The fraction of sp³-hybridized carbons (Fsp3) is 0.600. The number of ether oxygens (including phenoxy) is 1. The van der Waals surface area contributed by atoms with Gasteiger partial charge < -0.3 is 15.0 Å². The molecule has 0 fully saturated rings. The van der Waals surface area contributed by atoms with Gasteiger partial charge in [-0.3, -0.25) is 0 Å². The van der Waals surface area contributed by atoms with Gasteiger partial charge in [-0.1, -0.05) is 6.92 Å². The molecule has 1 N–H and O–H groups in total. The predicted octanol–water partition coefficient (Wildman–Crippen LogP) is 2.94. The van der Waals surface area contributed by atoms with Gasteiger partial charge in [-0.25, -0.2) is 8.78 Å². The molecule has 0 heterocycles. The largest absolute Gasteiger partial charge is 0.383 e. The normalized spacial score (nSPS) is 12.5. The molecule has 114 valence electrons. The van der Waals surface area contributed by atoms with Crippen LogP contribution in [-0.2, 0) is 11.3 Å². The van der Waals surface area contributed by atoms with E-state index < -0.39 is 11.6 Å². The minimum Gasteiger partial charge on any atom is -0.383 e. The van der Waals surface area contributed by atoms with Crippen molar-refractivity contribution in [2.45, 2.75) is 32.9 Å². The fourth-order valence-corrected chi connectivity index (χ4v) is 2.16. The van der Waals surface area contributed by atoms with Crippen LogP contribution >= 0.6 is 0 Å². The van der Waals surface area contributed by atoms with E-state index in [0.717, 1.165) is 6.42 Å². The molecular formula is C15H24F2N2O.